The third-order valence-corrected chi connectivity index (χ3v) is 3.59. The third-order valence-electron chi connectivity index (χ3n) is 2.58. The molecule has 1 aromatic carbocycles. The van der Waals surface area contributed by atoms with Crippen LogP contribution in [0.5, 0.6) is 0 Å². The first kappa shape index (κ1) is 14.1. The minimum Gasteiger partial charge on any atom is -0.287 e. The fourth-order valence-electron chi connectivity index (χ4n) is 1.47. The van der Waals surface area contributed by atoms with Crippen molar-refractivity contribution in [3.05, 3.63) is 29.8 Å². The van der Waals surface area contributed by atoms with Crippen molar-refractivity contribution in [3.8, 4) is 6.07 Å². The normalized spacial score (nSPS) is 12.8. The summed E-state index contributed by atoms with van der Waals surface area (Å²) in [5.41, 5.74) is 1.25. The van der Waals surface area contributed by atoms with Crippen LogP contribution in [0.15, 0.2) is 29.2 Å². The smallest absolute Gasteiger partial charge is 0.0949 e. The van der Waals surface area contributed by atoms with Gasteiger partial charge in [-0.15, -0.1) is 11.8 Å². The van der Waals surface area contributed by atoms with Gasteiger partial charge in [-0.25, -0.2) is 0 Å². The first-order valence-corrected chi connectivity index (χ1v) is 6.76. The van der Waals surface area contributed by atoms with Crippen LogP contribution in [0, 0.1) is 11.3 Å². The standard InChI is InChI=1S/C14H20N2S/c1-11(2)17-14-7-5-13(6-8-14)10-16(4)12(3)9-15/h5-8,11-12H,10H2,1-4H3. The van der Waals surface area contributed by atoms with Gasteiger partial charge >= 0.3 is 0 Å². The summed E-state index contributed by atoms with van der Waals surface area (Å²) in [7, 11) is 1.98. The number of hydrogen-bond donors (Lipinski definition) is 0. The van der Waals surface area contributed by atoms with Crippen LogP contribution in [0.2, 0.25) is 0 Å². The topological polar surface area (TPSA) is 27.0 Å². The number of rotatable bonds is 5. The average Bonchev–Trinajstić information content (AvgIpc) is 2.30. The largest absolute Gasteiger partial charge is 0.287 e. The zero-order valence-electron chi connectivity index (χ0n) is 11.0. The highest BCUT2D eigenvalue weighted by Gasteiger charge is 2.08. The molecule has 3 heteroatoms. The molecule has 2 nitrogen and oxygen atoms in total. The van der Waals surface area contributed by atoms with Crippen molar-refractivity contribution in [2.45, 2.75) is 43.5 Å². The average molecular weight is 248 g/mol. The monoisotopic (exact) mass is 248 g/mol. The van der Waals surface area contributed by atoms with Crippen LogP contribution < -0.4 is 0 Å². The summed E-state index contributed by atoms with van der Waals surface area (Å²) < 4.78 is 0. The molecule has 1 rings (SSSR count). The Morgan fingerprint density at radius 2 is 1.82 bits per heavy atom. The summed E-state index contributed by atoms with van der Waals surface area (Å²) >= 11 is 1.87. The zero-order valence-corrected chi connectivity index (χ0v) is 11.8. The molecule has 0 spiro atoms. The van der Waals surface area contributed by atoms with E-state index < -0.39 is 0 Å². The molecular weight excluding hydrogens is 228 g/mol. The first-order valence-electron chi connectivity index (χ1n) is 5.88. The van der Waals surface area contributed by atoms with Gasteiger partial charge in [-0.05, 0) is 31.7 Å². The second-order valence-corrected chi connectivity index (χ2v) is 6.18. The van der Waals surface area contributed by atoms with Crippen molar-refractivity contribution in [2.24, 2.45) is 0 Å². The van der Waals surface area contributed by atoms with Crippen LogP contribution in [-0.2, 0) is 6.54 Å². The lowest BCUT2D eigenvalue weighted by Gasteiger charge is -2.19. The Bertz CT molecular complexity index is 378. The quantitative estimate of drug-likeness (QED) is 0.746. The van der Waals surface area contributed by atoms with Crippen molar-refractivity contribution in [1.82, 2.24) is 4.90 Å². The van der Waals surface area contributed by atoms with Crippen LogP contribution in [0.25, 0.3) is 0 Å². The van der Waals surface area contributed by atoms with Crippen molar-refractivity contribution >= 4 is 11.8 Å². The Morgan fingerprint density at radius 1 is 1.24 bits per heavy atom. The van der Waals surface area contributed by atoms with Crippen LogP contribution in [-0.4, -0.2) is 23.2 Å². The van der Waals surface area contributed by atoms with E-state index in [-0.39, 0.29) is 6.04 Å². The molecule has 1 atom stereocenters. The van der Waals surface area contributed by atoms with Gasteiger partial charge < -0.3 is 0 Å². The van der Waals surface area contributed by atoms with E-state index in [4.69, 9.17) is 5.26 Å². The molecular formula is C14H20N2S. The van der Waals surface area contributed by atoms with Gasteiger partial charge in [0.2, 0.25) is 0 Å². The summed E-state index contributed by atoms with van der Waals surface area (Å²) in [6, 6.07) is 10.8. The molecule has 0 fully saturated rings. The summed E-state index contributed by atoms with van der Waals surface area (Å²) in [5.74, 6) is 0. The number of nitriles is 1. The predicted octanol–water partition coefficient (Wildman–Crippen LogP) is 3.53. The molecule has 0 aliphatic heterocycles. The first-order chi connectivity index (χ1) is 8.02. The molecule has 0 radical (unpaired) electrons. The zero-order chi connectivity index (χ0) is 12.8. The summed E-state index contributed by atoms with van der Waals surface area (Å²) in [6.07, 6.45) is 0. The Hall–Kier alpha value is -0.980. The van der Waals surface area contributed by atoms with Gasteiger partial charge in [0.15, 0.2) is 0 Å². The van der Waals surface area contributed by atoms with Crippen LogP contribution >= 0.6 is 11.8 Å². The van der Waals surface area contributed by atoms with E-state index in [1.165, 1.54) is 10.5 Å². The molecule has 17 heavy (non-hydrogen) atoms. The van der Waals surface area contributed by atoms with Crippen LogP contribution in [0.1, 0.15) is 26.3 Å². The number of thioether (sulfide) groups is 1. The number of hydrogen-bond acceptors (Lipinski definition) is 3. The van der Waals surface area contributed by atoms with E-state index in [2.05, 4.69) is 44.2 Å². The van der Waals surface area contributed by atoms with Crippen LogP contribution in [0.4, 0.5) is 0 Å². The summed E-state index contributed by atoms with van der Waals surface area (Å²) in [5, 5.41) is 9.44. The molecule has 1 aromatic rings. The lowest BCUT2D eigenvalue weighted by Crippen LogP contribution is -2.26. The molecule has 0 amide bonds. The van der Waals surface area contributed by atoms with E-state index in [9.17, 15) is 0 Å². The van der Waals surface area contributed by atoms with Gasteiger partial charge in [-0.2, -0.15) is 5.26 Å². The van der Waals surface area contributed by atoms with Gasteiger partial charge in [-0.3, -0.25) is 4.90 Å². The van der Waals surface area contributed by atoms with Gasteiger partial charge in [0.1, 0.15) is 0 Å². The second-order valence-electron chi connectivity index (χ2n) is 4.53. The minimum absolute atomic E-state index is 0.0419. The fraction of sp³-hybridized carbons (Fsp3) is 0.500. The molecule has 0 aliphatic rings. The van der Waals surface area contributed by atoms with Crippen LogP contribution in [0.3, 0.4) is 0 Å². The van der Waals surface area contributed by atoms with E-state index in [1.54, 1.807) is 0 Å². The molecule has 92 valence electrons. The van der Waals surface area contributed by atoms with Gasteiger partial charge in [0, 0.05) is 16.7 Å². The number of nitrogens with zero attached hydrogens (tertiary/aromatic N) is 2. The van der Waals surface area contributed by atoms with E-state index >= 15 is 0 Å². The fourth-order valence-corrected chi connectivity index (χ4v) is 2.31. The maximum atomic E-state index is 8.83. The Morgan fingerprint density at radius 3 is 2.29 bits per heavy atom. The SMILES string of the molecule is CC(C)Sc1ccc(CN(C)C(C)C#N)cc1. The van der Waals surface area contributed by atoms with Gasteiger partial charge in [0.25, 0.3) is 0 Å². The molecule has 1 unspecified atom stereocenters. The maximum Gasteiger partial charge on any atom is 0.0949 e. The molecule has 0 bridgehead atoms. The molecule has 0 heterocycles. The Kier molecular flexibility index (Phi) is 5.54. The van der Waals surface area contributed by atoms with Crippen molar-refractivity contribution in [2.75, 3.05) is 7.05 Å². The summed E-state index contributed by atoms with van der Waals surface area (Å²) in [4.78, 5) is 3.35. The highest BCUT2D eigenvalue weighted by molar-refractivity contribution is 7.99. The summed E-state index contributed by atoms with van der Waals surface area (Å²) in [6.45, 7) is 7.13. The molecule has 0 saturated carbocycles. The molecule has 0 N–H and O–H groups in total. The second kappa shape index (κ2) is 6.68. The Labute approximate surface area is 109 Å². The van der Waals surface area contributed by atoms with E-state index in [0.29, 0.717) is 5.25 Å². The molecule has 0 aromatic heterocycles. The third kappa shape index (κ3) is 4.80. The number of benzene rings is 1. The van der Waals surface area contributed by atoms with Crippen molar-refractivity contribution < 1.29 is 0 Å². The highest BCUT2D eigenvalue weighted by Crippen LogP contribution is 2.23. The predicted molar refractivity (Wildman–Crippen MR) is 74.0 cm³/mol. The highest BCUT2D eigenvalue weighted by atomic mass is 32.2. The lowest BCUT2D eigenvalue weighted by molar-refractivity contribution is 0.294. The lowest BCUT2D eigenvalue weighted by atomic mass is 10.2. The van der Waals surface area contributed by atoms with Gasteiger partial charge in [0.05, 0.1) is 12.1 Å². The van der Waals surface area contributed by atoms with Crippen molar-refractivity contribution in [1.29, 1.82) is 5.26 Å². The van der Waals surface area contributed by atoms with Gasteiger partial charge in [-0.1, -0.05) is 26.0 Å². The molecule has 0 aliphatic carbocycles. The minimum atomic E-state index is -0.0419. The van der Waals surface area contributed by atoms with Crippen molar-refractivity contribution in [3.63, 3.8) is 0 Å². The molecule has 0 saturated heterocycles. The van der Waals surface area contributed by atoms with E-state index in [1.807, 2.05) is 30.6 Å². The maximum absolute atomic E-state index is 8.83. The Balaban J connectivity index is 2.60. The van der Waals surface area contributed by atoms with E-state index in [0.717, 1.165) is 6.54 Å².